The maximum absolute atomic E-state index is 12.9. The van der Waals surface area contributed by atoms with Crippen LogP contribution in [0, 0.1) is 6.92 Å². The Morgan fingerprint density at radius 3 is 2.48 bits per heavy atom. The van der Waals surface area contributed by atoms with E-state index < -0.39 is 23.9 Å². The van der Waals surface area contributed by atoms with E-state index in [0.29, 0.717) is 24.3 Å². The van der Waals surface area contributed by atoms with Gasteiger partial charge in [-0.05, 0) is 56.2 Å². The SMILES string of the molecule is CC(=O)N1CCc2cc(NC(=O)CN3C(=O)C(C)N(c4ccc(C)cc4)C3=O)ccc21. The predicted molar refractivity (Wildman–Crippen MR) is 117 cm³/mol. The van der Waals surface area contributed by atoms with E-state index in [2.05, 4.69) is 5.32 Å². The van der Waals surface area contributed by atoms with Crippen molar-refractivity contribution in [2.45, 2.75) is 33.2 Å². The van der Waals surface area contributed by atoms with Crippen LogP contribution in [0.3, 0.4) is 0 Å². The fourth-order valence-electron chi connectivity index (χ4n) is 4.06. The van der Waals surface area contributed by atoms with E-state index in [0.717, 1.165) is 21.7 Å². The van der Waals surface area contributed by atoms with Gasteiger partial charge in [-0.2, -0.15) is 0 Å². The molecule has 1 atom stereocenters. The average Bonchev–Trinajstić information content (AvgIpc) is 3.24. The number of hydrogen-bond donors (Lipinski definition) is 1. The Bertz CT molecular complexity index is 1080. The van der Waals surface area contributed by atoms with Gasteiger partial charge in [-0.15, -0.1) is 0 Å². The Balaban J connectivity index is 1.45. The number of anilines is 3. The standard InChI is InChI=1S/C23H24N4O4/c1-14-4-7-19(8-5-14)27-15(2)22(30)26(23(27)31)13-21(29)24-18-6-9-20-17(12-18)10-11-25(20)16(3)28/h4-9,12,15H,10-11,13H2,1-3H3,(H,24,29). The maximum Gasteiger partial charge on any atom is 0.332 e. The number of urea groups is 1. The van der Waals surface area contributed by atoms with Gasteiger partial charge >= 0.3 is 6.03 Å². The highest BCUT2D eigenvalue weighted by atomic mass is 16.2. The molecule has 0 saturated carbocycles. The van der Waals surface area contributed by atoms with E-state index in [9.17, 15) is 19.2 Å². The third-order valence-electron chi connectivity index (χ3n) is 5.70. The lowest BCUT2D eigenvalue weighted by molar-refractivity contribution is -0.130. The van der Waals surface area contributed by atoms with Crippen molar-refractivity contribution in [2.24, 2.45) is 0 Å². The summed E-state index contributed by atoms with van der Waals surface area (Å²) in [5, 5.41) is 2.75. The Labute approximate surface area is 180 Å². The van der Waals surface area contributed by atoms with E-state index in [1.165, 1.54) is 11.8 Å². The Morgan fingerprint density at radius 1 is 1.10 bits per heavy atom. The zero-order valence-electron chi connectivity index (χ0n) is 17.7. The number of rotatable bonds is 4. The molecule has 2 heterocycles. The minimum Gasteiger partial charge on any atom is -0.325 e. The molecule has 0 spiro atoms. The van der Waals surface area contributed by atoms with Crippen molar-refractivity contribution in [3.63, 3.8) is 0 Å². The van der Waals surface area contributed by atoms with Crippen LogP contribution in [-0.2, 0) is 20.8 Å². The van der Waals surface area contributed by atoms with Gasteiger partial charge in [-0.25, -0.2) is 4.79 Å². The van der Waals surface area contributed by atoms with Crippen LogP contribution >= 0.6 is 0 Å². The summed E-state index contributed by atoms with van der Waals surface area (Å²) in [5.74, 6) is -0.887. The Kier molecular flexibility index (Phi) is 5.22. The number of imide groups is 1. The molecule has 1 saturated heterocycles. The van der Waals surface area contributed by atoms with Gasteiger partial charge in [0.2, 0.25) is 11.8 Å². The van der Waals surface area contributed by atoms with Crippen LogP contribution in [0.25, 0.3) is 0 Å². The van der Waals surface area contributed by atoms with Gasteiger partial charge in [-0.3, -0.25) is 24.2 Å². The van der Waals surface area contributed by atoms with Crippen LogP contribution in [0.5, 0.6) is 0 Å². The smallest absolute Gasteiger partial charge is 0.325 e. The quantitative estimate of drug-likeness (QED) is 0.770. The molecule has 5 amide bonds. The molecule has 0 aliphatic carbocycles. The molecule has 31 heavy (non-hydrogen) atoms. The first-order valence-electron chi connectivity index (χ1n) is 10.2. The first-order valence-corrected chi connectivity index (χ1v) is 10.2. The van der Waals surface area contributed by atoms with Crippen molar-refractivity contribution in [1.82, 2.24) is 4.90 Å². The van der Waals surface area contributed by atoms with Crippen LogP contribution in [0.4, 0.5) is 21.9 Å². The first kappa shape index (κ1) is 20.6. The highest BCUT2D eigenvalue weighted by Crippen LogP contribution is 2.31. The largest absolute Gasteiger partial charge is 0.332 e. The summed E-state index contributed by atoms with van der Waals surface area (Å²) >= 11 is 0. The van der Waals surface area contributed by atoms with Gasteiger partial charge in [0, 0.05) is 30.5 Å². The third-order valence-corrected chi connectivity index (χ3v) is 5.70. The van der Waals surface area contributed by atoms with Gasteiger partial charge in [0.1, 0.15) is 12.6 Å². The predicted octanol–water partition coefficient (Wildman–Crippen LogP) is 2.70. The number of benzene rings is 2. The lowest BCUT2D eigenvalue weighted by Gasteiger charge is -2.19. The van der Waals surface area contributed by atoms with Crippen molar-refractivity contribution >= 4 is 40.8 Å². The highest BCUT2D eigenvalue weighted by molar-refractivity contribution is 6.16. The minimum atomic E-state index is -0.680. The topological polar surface area (TPSA) is 90.0 Å². The van der Waals surface area contributed by atoms with Crippen molar-refractivity contribution in [2.75, 3.05) is 28.2 Å². The maximum atomic E-state index is 12.9. The second kappa shape index (κ2) is 7.86. The van der Waals surface area contributed by atoms with Gasteiger partial charge in [-0.1, -0.05) is 17.7 Å². The molecule has 4 rings (SSSR count). The molecule has 0 aromatic heterocycles. The monoisotopic (exact) mass is 420 g/mol. The van der Waals surface area contributed by atoms with Gasteiger partial charge < -0.3 is 10.2 Å². The number of fused-ring (bicyclic) bond motifs is 1. The lowest BCUT2D eigenvalue weighted by Crippen LogP contribution is -2.39. The number of aryl methyl sites for hydroxylation is 1. The van der Waals surface area contributed by atoms with E-state index in [-0.39, 0.29) is 12.5 Å². The second-order valence-electron chi connectivity index (χ2n) is 7.90. The molecule has 8 nitrogen and oxygen atoms in total. The molecule has 1 N–H and O–H groups in total. The van der Waals surface area contributed by atoms with Gasteiger partial charge in [0.15, 0.2) is 0 Å². The summed E-state index contributed by atoms with van der Waals surface area (Å²) < 4.78 is 0. The number of carbonyl (C=O) groups excluding carboxylic acids is 4. The summed E-state index contributed by atoms with van der Waals surface area (Å²) in [5.41, 5.74) is 4.05. The second-order valence-corrected chi connectivity index (χ2v) is 7.90. The number of nitrogens with zero attached hydrogens (tertiary/aromatic N) is 3. The normalized spacial score (nSPS) is 17.9. The zero-order valence-corrected chi connectivity index (χ0v) is 17.7. The van der Waals surface area contributed by atoms with Crippen molar-refractivity contribution in [1.29, 1.82) is 0 Å². The van der Waals surface area contributed by atoms with Gasteiger partial charge in [0.25, 0.3) is 5.91 Å². The van der Waals surface area contributed by atoms with E-state index in [4.69, 9.17) is 0 Å². The molecule has 2 aromatic rings. The highest BCUT2D eigenvalue weighted by Gasteiger charge is 2.44. The fourth-order valence-corrected chi connectivity index (χ4v) is 4.06. The molecule has 0 radical (unpaired) electrons. The minimum absolute atomic E-state index is 0.0196. The molecule has 0 bridgehead atoms. The van der Waals surface area contributed by atoms with E-state index in [1.807, 2.05) is 25.1 Å². The fraction of sp³-hybridized carbons (Fsp3) is 0.304. The lowest BCUT2D eigenvalue weighted by atomic mass is 10.1. The Morgan fingerprint density at radius 2 is 1.81 bits per heavy atom. The Hall–Kier alpha value is -3.68. The number of nitrogens with one attached hydrogen (secondary N) is 1. The summed E-state index contributed by atoms with van der Waals surface area (Å²) in [7, 11) is 0. The molecule has 2 aliphatic rings. The number of hydrogen-bond acceptors (Lipinski definition) is 4. The zero-order chi connectivity index (χ0) is 22.3. The third kappa shape index (κ3) is 3.76. The van der Waals surface area contributed by atoms with E-state index in [1.54, 1.807) is 36.1 Å². The van der Waals surface area contributed by atoms with Crippen LogP contribution in [0.2, 0.25) is 0 Å². The molecule has 2 aromatic carbocycles. The van der Waals surface area contributed by atoms with Crippen LogP contribution in [0.15, 0.2) is 42.5 Å². The first-order chi connectivity index (χ1) is 14.8. The number of amides is 5. The summed E-state index contributed by atoms with van der Waals surface area (Å²) in [6.07, 6.45) is 0.713. The number of carbonyl (C=O) groups is 4. The van der Waals surface area contributed by atoms with Crippen molar-refractivity contribution < 1.29 is 19.2 Å². The summed E-state index contributed by atoms with van der Waals surface area (Å²) in [6.45, 7) is 5.37. The average molecular weight is 420 g/mol. The molecule has 1 unspecified atom stereocenters. The molecule has 160 valence electrons. The van der Waals surface area contributed by atoms with Crippen molar-refractivity contribution in [3.05, 3.63) is 53.6 Å². The molecule has 8 heteroatoms. The summed E-state index contributed by atoms with van der Waals surface area (Å²) in [4.78, 5) is 53.9. The molecular formula is C23H24N4O4. The van der Waals surface area contributed by atoms with Crippen LogP contribution < -0.4 is 15.1 Å². The van der Waals surface area contributed by atoms with E-state index >= 15 is 0 Å². The molecular weight excluding hydrogens is 396 g/mol. The van der Waals surface area contributed by atoms with Gasteiger partial charge in [0.05, 0.1) is 0 Å². The summed E-state index contributed by atoms with van der Waals surface area (Å²) in [6, 6.07) is 11.5. The van der Waals surface area contributed by atoms with Crippen molar-refractivity contribution in [3.8, 4) is 0 Å². The molecule has 1 fully saturated rings. The molecule has 2 aliphatic heterocycles. The van der Waals surface area contributed by atoms with Crippen LogP contribution in [-0.4, -0.2) is 47.8 Å². The van der Waals surface area contributed by atoms with Crippen LogP contribution in [0.1, 0.15) is 25.0 Å².